The number of anilines is 2. The maximum Gasteiger partial charge on any atom is 0.399 e. The molecule has 37 heavy (non-hydrogen) atoms. The summed E-state index contributed by atoms with van der Waals surface area (Å²) in [4.78, 5) is 24.8. The third kappa shape index (κ3) is 8.94. The van der Waals surface area contributed by atoms with Crippen LogP contribution in [-0.2, 0) is 0 Å². The van der Waals surface area contributed by atoms with Gasteiger partial charge in [0.2, 0.25) is 17.7 Å². The summed E-state index contributed by atoms with van der Waals surface area (Å²) in [5.41, 5.74) is 8.51. The molecule has 3 aromatic rings. The summed E-state index contributed by atoms with van der Waals surface area (Å²) in [6.07, 6.45) is 1.97. The van der Waals surface area contributed by atoms with Crippen LogP contribution >= 0.6 is 0 Å². The van der Waals surface area contributed by atoms with E-state index in [0.717, 1.165) is 5.56 Å². The van der Waals surface area contributed by atoms with Crippen LogP contribution < -0.4 is 30.2 Å². The van der Waals surface area contributed by atoms with Crippen LogP contribution in [0.15, 0.2) is 28.9 Å². The van der Waals surface area contributed by atoms with Gasteiger partial charge in [-0.2, -0.15) is 15.0 Å². The Morgan fingerprint density at radius 1 is 1.14 bits per heavy atom. The van der Waals surface area contributed by atoms with Gasteiger partial charge in [0.25, 0.3) is 0 Å². The van der Waals surface area contributed by atoms with E-state index >= 15 is 0 Å². The normalized spacial score (nSPS) is 9.92. The average molecular weight is 517 g/mol. The molecule has 3 rings (SSSR count). The Kier molecular flexibility index (Phi) is 13.5. The predicted octanol–water partition coefficient (Wildman–Crippen LogP) is 4.67. The molecule has 2 heterocycles. The lowest BCUT2D eigenvalue weighted by molar-refractivity contribution is 0.111. The lowest BCUT2D eigenvalue weighted by Crippen LogP contribution is -2.27. The Labute approximate surface area is 219 Å². The smallest absolute Gasteiger partial charge is 0.399 e. The summed E-state index contributed by atoms with van der Waals surface area (Å²) >= 11 is 0. The fourth-order valence-corrected chi connectivity index (χ4v) is 2.93. The summed E-state index contributed by atoms with van der Waals surface area (Å²) in [6.45, 7) is 11.4. The second-order valence-corrected chi connectivity index (χ2v) is 7.82. The number of methoxy groups -OCH3 is 2. The quantitative estimate of drug-likeness (QED) is 0.364. The number of benzene rings is 1. The number of oxazole rings is 1. The number of carbonyl (C=O) groups is 1. The molecule has 0 fully saturated rings. The molecule has 0 aliphatic carbocycles. The molecule has 0 amide bonds. The number of aldehydes is 1. The van der Waals surface area contributed by atoms with Gasteiger partial charge in [-0.25, -0.2) is 0 Å². The Morgan fingerprint density at radius 2 is 1.76 bits per heavy atom. The standard InChI is InChI=1S/C14H15NO3.C10H19N5O2.C2H6/c1-9(2)11-5-4-10(3)13(6-11)18-14-15-12(7-16)8-17-14;1-12-7-8(16-3)13-10(14-9(7)17-4)15(2)6-5-11;1-2/h4-9H,1-3H3;12H,5-6,11H2,1-4H3;1-2H3. The molecule has 0 aliphatic rings. The van der Waals surface area contributed by atoms with Crippen molar-refractivity contribution in [3.8, 4) is 23.6 Å². The highest BCUT2D eigenvalue weighted by atomic mass is 16.6. The van der Waals surface area contributed by atoms with Crippen molar-refractivity contribution in [1.29, 1.82) is 0 Å². The highest BCUT2D eigenvalue weighted by Gasteiger charge is 2.16. The van der Waals surface area contributed by atoms with E-state index in [-0.39, 0.29) is 11.8 Å². The monoisotopic (exact) mass is 516 g/mol. The number of rotatable bonds is 10. The number of carbonyl (C=O) groups excluding carboxylic acids is 1. The molecule has 0 unspecified atom stereocenters. The zero-order valence-corrected chi connectivity index (χ0v) is 23.3. The van der Waals surface area contributed by atoms with Crippen LogP contribution in [0.2, 0.25) is 0 Å². The summed E-state index contributed by atoms with van der Waals surface area (Å²) in [6, 6.07) is 6.03. The van der Waals surface area contributed by atoms with Crippen LogP contribution in [0, 0.1) is 6.92 Å². The highest BCUT2D eigenvalue weighted by molar-refractivity contribution is 5.71. The fraction of sp³-hybridized carbons (Fsp3) is 0.462. The Balaban J connectivity index is 0.000000348. The molecule has 204 valence electrons. The van der Waals surface area contributed by atoms with Gasteiger partial charge in [0.15, 0.2) is 12.0 Å². The number of ether oxygens (including phenoxy) is 3. The van der Waals surface area contributed by atoms with Crippen molar-refractivity contribution in [2.45, 2.75) is 40.5 Å². The molecule has 0 spiro atoms. The number of nitrogens with zero attached hydrogens (tertiary/aromatic N) is 4. The van der Waals surface area contributed by atoms with Crippen molar-refractivity contribution >= 4 is 17.9 Å². The van der Waals surface area contributed by atoms with Crippen LogP contribution in [0.1, 0.15) is 55.2 Å². The van der Waals surface area contributed by atoms with E-state index in [2.05, 4.69) is 40.2 Å². The van der Waals surface area contributed by atoms with Gasteiger partial charge >= 0.3 is 6.08 Å². The van der Waals surface area contributed by atoms with E-state index < -0.39 is 0 Å². The van der Waals surface area contributed by atoms with Crippen molar-refractivity contribution in [1.82, 2.24) is 15.0 Å². The zero-order chi connectivity index (χ0) is 28.0. The molecule has 0 aliphatic heterocycles. The van der Waals surface area contributed by atoms with Crippen molar-refractivity contribution in [2.75, 3.05) is 51.6 Å². The van der Waals surface area contributed by atoms with Crippen molar-refractivity contribution in [2.24, 2.45) is 5.73 Å². The number of likely N-dealkylation sites (N-methyl/N-ethyl adjacent to an activating group) is 1. The van der Waals surface area contributed by atoms with Crippen LogP contribution in [-0.4, -0.2) is 62.6 Å². The second-order valence-electron chi connectivity index (χ2n) is 7.82. The third-order valence-corrected chi connectivity index (χ3v) is 4.97. The number of aryl methyl sites for hydroxylation is 1. The molecule has 3 N–H and O–H groups in total. The second kappa shape index (κ2) is 16.0. The number of nitrogens with one attached hydrogen (secondary N) is 1. The van der Waals surface area contributed by atoms with Gasteiger partial charge in [0.05, 0.1) is 14.2 Å². The fourth-order valence-electron chi connectivity index (χ4n) is 2.93. The Bertz CT molecular complexity index is 1080. The van der Waals surface area contributed by atoms with Gasteiger partial charge < -0.3 is 34.6 Å². The Morgan fingerprint density at radius 3 is 2.22 bits per heavy atom. The van der Waals surface area contributed by atoms with Crippen molar-refractivity contribution < 1.29 is 23.4 Å². The van der Waals surface area contributed by atoms with Crippen LogP contribution in [0.5, 0.6) is 23.6 Å². The maximum atomic E-state index is 10.5. The lowest BCUT2D eigenvalue weighted by Gasteiger charge is -2.19. The topological polar surface area (TPSA) is 138 Å². The van der Waals surface area contributed by atoms with Crippen LogP contribution in [0.4, 0.5) is 11.6 Å². The maximum absolute atomic E-state index is 10.5. The van der Waals surface area contributed by atoms with Gasteiger partial charge in [-0.05, 0) is 30.0 Å². The minimum atomic E-state index is 0.0844. The van der Waals surface area contributed by atoms with Crippen LogP contribution in [0.3, 0.4) is 0 Å². The number of hydrogen-bond acceptors (Lipinski definition) is 11. The first-order valence-corrected chi connectivity index (χ1v) is 12.1. The van der Waals surface area contributed by atoms with E-state index in [9.17, 15) is 4.79 Å². The van der Waals surface area contributed by atoms with Gasteiger partial charge in [-0.1, -0.05) is 39.8 Å². The molecule has 0 atom stereocenters. The average Bonchev–Trinajstić information content (AvgIpc) is 3.38. The molecule has 2 aromatic heterocycles. The molecule has 11 nitrogen and oxygen atoms in total. The third-order valence-electron chi connectivity index (χ3n) is 4.97. The lowest BCUT2D eigenvalue weighted by atomic mass is 10.0. The van der Waals surface area contributed by atoms with Gasteiger partial charge in [0.1, 0.15) is 17.7 Å². The molecule has 11 heteroatoms. The predicted molar refractivity (Wildman–Crippen MR) is 146 cm³/mol. The summed E-state index contributed by atoms with van der Waals surface area (Å²) in [5.74, 6) is 2.52. The van der Waals surface area contributed by atoms with E-state index in [1.807, 2.05) is 44.9 Å². The minimum absolute atomic E-state index is 0.0844. The van der Waals surface area contributed by atoms with Crippen molar-refractivity contribution in [3.63, 3.8) is 0 Å². The molecule has 0 saturated heterocycles. The Hall–Kier alpha value is -3.86. The van der Waals surface area contributed by atoms with Gasteiger partial charge in [0, 0.05) is 27.2 Å². The number of hydrogen-bond donors (Lipinski definition) is 2. The first kappa shape index (κ1) is 31.2. The van der Waals surface area contributed by atoms with E-state index in [1.54, 1.807) is 21.3 Å². The number of aromatic nitrogens is 3. The first-order valence-electron chi connectivity index (χ1n) is 12.1. The molecular weight excluding hydrogens is 476 g/mol. The molecule has 0 radical (unpaired) electrons. The first-order chi connectivity index (χ1) is 17.8. The minimum Gasteiger partial charge on any atom is -0.479 e. The van der Waals surface area contributed by atoms with Gasteiger partial charge in [-0.15, -0.1) is 0 Å². The molecular formula is C26H40N6O5. The summed E-state index contributed by atoms with van der Waals surface area (Å²) < 4.78 is 21.0. The zero-order valence-electron chi connectivity index (χ0n) is 23.3. The van der Waals surface area contributed by atoms with E-state index in [0.29, 0.717) is 54.4 Å². The largest absolute Gasteiger partial charge is 0.479 e. The van der Waals surface area contributed by atoms with Gasteiger partial charge in [-0.3, -0.25) is 4.79 Å². The van der Waals surface area contributed by atoms with E-state index in [4.69, 9.17) is 24.4 Å². The summed E-state index contributed by atoms with van der Waals surface area (Å²) in [5, 5.41) is 2.95. The highest BCUT2D eigenvalue weighted by Crippen LogP contribution is 2.32. The van der Waals surface area contributed by atoms with Crippen molar-refractivity contribution in [3.05, 3.63) is 41.3 Å². The van der Waals surface area contributed by atoms with Crippen LogP contribution in [0.25, 0.3) is 0 Å². The molecule has 0 saturated carbocycles. The molecule has 0 bridgehead atoms. The number of nitrogens with two attached hydrogens (primary N) is 1. The summed E-state index contributed by atoms with van der Waals surface area (Å²) in [7, 11) is 6.72. The van der Waals surface area contributed by atoms with E-state index in [1.165, 1.54) is 11.8 Å². The SMILES string of the molecule is CC.CNc1c(OC)nc(N(C)CCN)nc1OC.Cc1ccc(C(C)C)cc1Oc1nc(C=O)co1. The molecule has 1 aromatic carbocycles.